The first kappa shape index (κ1) is 11.9. The van der Waals surface area contributed by atoms with Gasteiger partial charge in [-0.2, -0.15) is 0 Å². The maximum atomic E-state index is 11.9. The van der Waals surface area contributed by atoms with Crippen molar-refractivity contribution in [2.75, 3.05) is 31.3 Å². The number of nitrogens with zero attached hydrogens (tertiary/aromatic N) is 3. The number of rotatable bonds is 2. The lowest BCUT2D eigenvalue weighted by molar-refractivity contribution is -0.120. The van der Waals surface area contributed by atoms with Gasteiger partial charge in [0, 0.05) is 19.0 Å². The van der Waals surface area contributed by atoms with Gasteiger partial charge in [0.2, 0.25) is 5.91 Å². The standard InChI is InChI=1S/C12H18N4O/c1-15(2)10-4-6-12(17)16(8-10)9-3-5-11(13)14-7-9/h3,5,7,10H,4,6,8H2,1-2H3,(H2,13,14). The first-order chi connectivity index (χ1) is 8.08. The number of aromatic nitrogens is 1. The summed E-state index contributed by atoms with van der Waals surface area (Å²) >= 11 is 0. The van der Waals surface area contributed by atoms with Crippen molar-refractivity contribution in [2.24, 2.45) is 0 Å². The van der Waals surface area contributed by atoms with E-state index in [4.69, 9.17) is 5.73 Å². The van der Waals surface area contributed by atoms with E-state index in [9.17, 15) is 4.79 Å². The van der Waals surface area contributed by atoms with Crippen LogP contribution in [0.1, 0.15) is 12.8 Å². The van der Waals surface area contributed by atoms with Crippen LogP contribution in [0.5, 0.6) is 0 Å². The number of piperidine rings is 1. The monoisotopic (exact) mass is 234 g/mol. The largest absolute Gasteiger partial charge is 0.384 e. The molecular formula is C12H18N4O. The van der Waals surface area contributed by atoms with Gasteiger partial charge in [0.1, 0.15) is 5.82 Å². The van der Waals surface area contributed by atoms with Crippen LogP contribution < -0.4 is 10.6 Å². The molecule has 2 rings (SSSR count). The van der Waals surface area contributed by atoms with Gasteiger partial charge in [0.05, 0.1) is 11.9 Å². The van der Waals surface area contributed by atoms with Crippen molar-refractivity contribution in [3.8, 4) is 0 Å². The highest BCUT2D eigenvalue weighted by molar-refractivity contribution is 5.94. The number of hydrogen-bond donors (Lipinski definition) is 1. The van der Waals surface area contributed by atoms with Crippen molar-refractivity contribution in [3.63, 3.8) is 0 Å². The number of amides is 1. The van der Waals surface area contributed by atoms with Crippen LogP contribution in [0, 0.1) is 0 Å². The van der Waals surface area contributed by atoms with Crippen molar-refractivity contribution >= 4 is 17.4 Å². The molecule has 0 radical (unpaired) electrons. The SMILES string of the molecule is CN(C)C1CCC(=O)N(c2ccc(N)nc2)C1. The van der Waals surface area contributed by atoms with Crippen LogP contribution >= 0.6 is 0 Å². The molecule has 2 heterocycles. The Morgan fingerprint density at radius 3 is 2.82 bits per heavy atom. The molecular weight excluding hydrogens is 216 g/mol. The lowest BCUT2D eigenvalue weighted by atomic mass is 10.0. The number of hydrogen-bond acceptors (Lipinski definition) is 4. The number of anilines is 2. The quantitative estimate of drug-likeness (QED) is 0.819. The predicted molar refractivity (Wildman–Crippen MR) is 67.7 cm³/mol. The minimum Gasteiger partial charge on any atom is -0.384 e. The number of pyridine rings is 1. The molecule has 2 N–H and O–H groups in total. The van der Waals surface area contributed by atoms with Crippen LogP contribution in [0.3, 0.4) is 0 Å². The Hall–Kier alpha value is -1.62. The van der Waals surface area contributed by atoms with E-state index in [2.05, 4.69) is 9.88 Å². The Balaban J connectivity index is 2.18. The van der Waals surface area contributed by atoms with Gasteiger partial charge in [-0.05, 0) is 32.6 Å². The summed E-state index contributed by atoms with van der Waals surface area (Å²) in [6.45, 7) is 0.720. The van der Waals surface area contributed by atoms with Gasteiger partial charge in [-0.15, -0.1) is 0 Å². The van der Waals surface area contributed by atoms with E-state index in [-0.39, 0.29) is 5.91 Å². The molecule has 0 aliphatic carbocycles. The molecule has 1 aliphatic rings. The van der Waals surface area contributed by atoms with E-state index < -0.39 is 0 Å². The number of nitrogens with two attached hydrogens (primary N) is 1. The Morgan fingerprint density at radius 2 is 2.24 bits per heavy atom. The minimum absolute atomic E-state index is 0.162. The summed E-state index contributed by atoms with van der Waals surface area (Å²) in [5, 5.41) is 0. The van der Waals surface area contributed by atoms with Gasteiger partial charge < -0.3 is 15.5 Å². The molecule has 0 bridgehead atoms. The molecule has 1 aliphatic heterocycles. The number of likely N-dealkylation sites (N-methyl/N-ethyl adjacent to an activating group) is 1. The summed E-state index contributed by atoms with van der Waals surface area (Å²) in [5.74, 6) is 0.636. The van der Waals surface area contributed by atoms with Gasteiger partial charge in [-0.25, -0.2) is 4.98 Å². The Kier molecular flexibility index (Phi) is 3.28. The maximum Gasteiger partial charge on any atom is 0.227 e. The molecule has 1 aromatic heterocycles. The number of carbonyl (C=O) groups excluding carboxylic acids is 1. The summed E-state index contributed by atoms with van der Waals surface area (Å²) in [7, 11) is 4.08. The lowest BCUT2D eigenvalue weighted by Gasteiger charge is -2.35. The fourth-order valence-electron chi connectivity index (χ4n) is 2.06. The highest BCUT2D eigenvalue weighted by Gasteiger charge is 2.27. The van der Waals surface area contributed by atoms with Gasteiger partial charge >= 0.3 is 0 Å². The van der Waals surface area contributed by atoms with E-state index in [1.807, 2.05) is 20.2 Å². The van der Waals surface area contributed by atoms with Crippen molar-refractivity contribution in [1.82, 2.24) is 9.88 Å². The zero-order valence-corrected chi connectivity index (χ0v) is 10.3. The van der Waals surface area contributed by atoms with Crippen molar-refractivity contribution < 1.29 is 4.79 Å². The third-order valence-electron chi connectivity index (χ3n) is 3.20. The number of nitrogen functional groups attached to an aromatic ring is 1. The molecule has 1 aromatic rings. The van der Waals surface area contributed by atoms with E-state index >= 15 is 0 Å². The average Bonchev–Trinajstić information content (AvgIpc) is 2.31. The van der Waals surface area contributed by atoms with Crippen molar-refractivity contribution in [3.05, 3.63) is 18.3 Å². The van der Waals surface area contributed by atoms with Crippen molar-refractivity contribution in [1.29, 1.82) is 0 Å². The molecule has 1 fully saturated rings. The highest BCUT2D eigenvalue weighted by Crippen LogP contribution is 2.22. The first-order valence-corrected chi connectivity index (χ1v) is 5.76. The maximum absolute atomic E-state index is 11.9. The molecule has 5 nitrogen and oxygen atoms in total. The number of carbonyl (C=O) groups is 1. The topological polar surface area (TPSA) is 62.5 Å². The Bertz CT molecular complexity index is 401. The second kappa shape index (κ2) is 4.71. The van der Waals surface area contributed by atoms with Crippen LogP contribution in [0.15, 0.2) is 18.3 Å². The minimum atomic E-state index is 0.162. The molecule has 0 aromatic carbocycles. The average molecular weight is 234 g/mol. The molecule has 92 valence electrons. The Labute approximate surface area is 101 Å². The molecule has 1 saturated heterocycles. The summed E-state index contributed by atoms with van der Waals surface area (Å²) in [6, 6.07) is 3.98. The van der Waals surface area contributed by atoms with Crippen LogP contribution in [0.4, 0.5) is 11.5 Å². The van der Waals surface area contributed by atoms with Crippen molar-refractivity contribution in [2.45, 2.75) is 18.9 Å². The summed E-state index contributed by atoms with van der Waals surface area (Å²) in [6.07, 6.45) is 3.17. The highest BCUT2D eigenvalue weighted by atomic mass is 16.2. The van der Waals surface area contributed by atoms with Crippen LogP contribution in [0.25, 0.3) is 0 Å². The normalized spacial score (nSPS) is 21.0. The van der Waals surface area contributed by atoms with E-state index in [0.29, 0.717) is 18.3 Å². The second-order valence-corrected chi connectivity index (χ2v) is 4.60. The van der Waals surface area contributed by atoms with E-state index in [1.165, 1.54) is 0 Å². The third kappa shape index (κ3) is 2.55. The van der Waals surface area contributed by atoms with Gasteiger partial charge in [-0.3, -0.25) is 4.79 Å². The van der Waals surface area contributed by atoms with Crippen LogP contribution in [-0.4, -0.2) is 42.5 Å². The third-order valence-corrected chi connectivity index (χ3v) is 3.20. The summed E-state index contributed by atoms with van der Waals surface area (Å²) < 4.78 is 0. The van der Waals surface area contributed by atoms with E-state index in [0.717, 1.165) is 18.7 Å². The van der Waals surface area contributed by atoms with Crippen LogP contribution in [0.2, 0.25) is 0 Å². The zero-order chi connectivity index (χ0) is 12.4. The van der Waals surface area contributed by atoms with Gasteiger partial charge in [0.15, 0.2) is 0 Å². The first-order valence-electron chi connectivity index (χ1n) is 5.76. The fraction of sp³-hybridized carbons (Fsp3) is 0.500. The summed E-state index contributed by atoms with van der Waals surface area (Å²) in [5.41, 5.74) is 6.37. The molecule has 1 amide bonds. The lowest BCUT2D eigenvalue weighted by Crippen LogP contribution is -2.48. The molecule has 0 spiro atoms. The van der Waals surface area contributed by atoms with Crippen LogP contribution in [-0.2, 0) is 4.79 Å². The van der Waals surface area contributed by atoms with Gasteiger partial charge in [0.25, 0.3) is 0 Å². The molecule has 17 heavy (non-hydrogen) atoms. The predicted octanol–water partition coefficient (Wildman–Crippen LogP) is 0.721. The molecule has 0 saturated carbocycles. The second-order valence-electron chi connectivity index (χ2n) is 4.60. The smallest absolute Gasteiger partial charge is 0.227 e. The zero-order valence-electron chi connectivity index (χ0n) is 10.3. The van der Waals surface area contributed by atoms with E-state index in [1.54, 1.807) is 17.2 Å². The van der Waals surface area contributed by atoms with Gasteiger partial charge in [-0.1, -0.05) is 0 Å². The molecule has 1 atom stereocenters. The fourth-order valence-corrected chi connectivity index (χ4v) is 2.06. The summed E-state index contributed by atoms with van der Waals surface area (Å²) in [4.78, 5) is 19.9. The molecule has 1 unspecified atom stereocenters. The Morgan fingerprint density at radius 1 is 1.47 bits per heavy atom. The molecule has 5 heteroatoms.